The molecule has 2 saturated carbocycles. The van der Waals surface area contributed by atoms with Crippen LogP contribution in [-0.2, 0) is 4.74 Å². The first kappa shape index (κ1) is 19.0. The number of alkyl carbamates (subject to hydrolysis) is 1. The van der Waals surface area contributed by atoms with Gasteiger partial charge in [-0.3, -0.25) is 9.67 Å². The Labute approximate surface area is 166 Å². The number of hydrogen-bond acceptors (Lipinski definition) is 4. The van der Waals surface area contributed by atoms with E-state index in [2.05, 4.69) is 33.3 Å². The van der Waals surface area contributed by atoms with Gasteiger partial charge in [-0.25, -0.2) is 4.79 Å². The zero-order valence-corrected chi connectivity index (χ0v) is 17.2. The fourth-order valence-electron chi connectivity index (χ4n) is 3.78. The number of carbonyl (C=O) groups is 1. The summed E-state index contributed by atoms with van der Waals surface area (Å²) in [6.07, 6.45) is 6.46. The Morgan fingerprint density at radius 2 is 2.04 bits per heavy atom. The number of nitrogens with zero attached hydrogens (tertiary/aromatic N) is 3. The lowest BCUT2D eigenvalue weighted by Crippen LogP contribution is -2.39. The van der Waals surface area contributed by atoms with Gasteiger partial charge in [0.25, 0.3) is 0 Å². The molecular weight excluding hydrogens is 352 g/mol. The number of pyridine rings is 1. The molecule has 0 bridgehead atoms. The van der Waals surface area contributed by atoms with Crippen LogP contribution < -0.4 is 5.32 Å². The van der Waals surface area contributed by atoms with Crippen LogP contribution in [0.15, 0.2) is 24.4 Å². The van der Waals surface area contributed by atoms with E-state index < -0.39 is 5.60 Å². The molecule has 150 valence electrons. The highest BCUT2D eigenvalue weighted by molar-refractivity contribution is 5.67. The summed E-state index contributed by atoms with van der Waals surface area (Å²) < 4.78 is 7.44. The van der Waals surface area contributed by atoms with Gasteiger partial charge in [0, 0.05) is 24.0 Å². The van der Waals surface area contributed by atoms with E-state index >= 15 is 0 Å². The summed E-state index contributed by atoms with van der Waals surface area (Å²) in [5.41, 5.74) is 3.92. The number of rotatable bonds is 5. The summed E-state index contributed by atoms with van der Waals surface area (Å²) in [6, 6.07) is 6.53. The molecule has 2 aliphatic carbocycles. The summed E-state index contributed by atoms with van der Waals surface area (Å²) in [5, 5.41) is 7.81. The summed E-state index contributed by atoms with van der Waals surface area (Å²) in [6.45, 7) is 8.31. The minimum absolute atomic E-state index is 0.334. The van der Waals surface area contributed by atoms with Crippen LogP contribution in [0.4, 0.5) is 4.79 Å². The Morgan fingerprint density at radius 1 is 1.29 bits per heavy atom. The molecule has 2 fully saturated rings. The average Bonchev–Trinajstić information content (AvgIpc) is 3.31. The molecule has 2 aromatic rings. The largest absolute Gasteiger partial charge is 0.444 e. The SMILES string of the molecule is Cc1cccc(-c2nn([C@H]3C[C@H](CNC(=O)OC(C)(C)C)C3)cc2C2CC2)n1. The molecule has 4 rings (SSSR count). The number of amides is 1. The molecule has 6 nitrogen and oxygen atoms in total. The first-order valence-electron chi connectivity index (χ1n) is 10.3. The van der Waals surface area contributed by atoms with Gasteiger partial charge < -0.3 is 10.1 Å². The van der Waals surface area contributed by atoms with Gasteiger partial charge in [-0.15, -0.1) is 0 Å². The van der Waals surface area contributed by atoms with Crippen LogP contribution in [0.3, 0.4) is 0 Å². The molecule has 6 heteroatoms. The first-order chi connectivity index (χ1) is 13.3. The molecule has 0 spiro atoms. The third kappa shape index (κ3) is 4.37. The molecule has 1 amide bonds. The highest BCUT2D eigenvalue weighted by atomic mass is 16.6. The molecule has 2 aromatic heterocycles. The Bertz CT molecular complexity index is 858. The average molecular weight is 383 g/mol. The second kappa shape index (κ2) is 7.22. The fraction of sp³-hybridized carbons (Fsp3) is 0.591. The second-order valence-corrected chi connectivity index (χ2v) is 9.23. The van der Waals surface area contributed by atoms with E-state index in [0.717, 1.165) is 29.9 Å². The second-order valence-electron chi connectivity index (χ2n) is 9.23. The first-order valence-corrected chi connectivity index (χ1v) is 10.3. The lowest BCUT2D eigenvalue weighted by atomic mass is 9.80. The van der Waals surface area contributed by atoms with Gasteiger partial charge in [0.1, 0.15) is 11.3 Å². The number of hydrogen-bond donors (Lipinski definition) is 1. The van der Waals surface area contributed by atoms with E-state index in [4.69, 9.17) is 9.84 Å². The lowest BCUT2D eigenvalue weighted by Gasteiger charge is -2.35. The molecule has 0 aliphatic heterocycles. The number of carbonyl (C=O) groups excluding carboxylic acids is 1. The number of nitrogens with one attached hydrogen (secondary N) is 1. The van der Waals surface area contributed by atoms with E-state index in [0.29, 0.717) is 24.4 Å². The van der Waals surface area contributed by atoms with Crippen LogP contribution in [0, 0.1) is 12.8 Å². The van der Waals surface area contributed by atoms with Crippen molar-refractivity contribution in [1.29, 1.82) is 0 Å². The van der Waals surface area contributed by atoms with Crippen molar-refractivity contribution >= 4 is 6.09 Å². The third-order valence-corrected chi connectivity index (χ3v) is 5.43. The van der Waals surface area contributed by atoms with Crippen LogP contribution in [0.5, 0.6) is 0 Å². The highest BCUT2D eigenvalue weighted by Gasteiger charge is 2.35. The molecule has 0 unspecified atom stereocenters. The van der Waals surface area contributed by atoms with Gasteiger partial charge in [0.15, 0.2) is 0 Å². The molecule has 0 aromatic carbocycles. The van der Waals surface area contributed by atoms with Crippen molar-refractivity contribution in [3.63, 3.8) is 0 Å². The quantitative estimate of drug-likeness (QED) is 0.820. The minimum atomic E-state index is -0.458. The third-order valence-electron chi connectivity index (χ3n) is 5.43. The summed E-state index contributed by atoms with van der Waals surface area (Å²) in [7, 11) is 0. The van der Waals surface area contributed by atoms with Crippen molar-refractivity contribution in [2.24, 2.45) is 5.92 Å². The standard InChI is InChI=1S/C22H30N4O2/c1-14-6-5-7-19(24-14)20-18(16-8-9-16)13-26(25-20)17-10-15(11-17)12-23-21(27)28-22(2,3)4/h5-7,13,15-17H,8-12H2,1-4H3,(H,23,27)/t15-,17-. The van der Waals surface area contributed by atoms with E-state index in [1.807, 2.05) is 33.8 Å². The van der Waals surface area contributed by atoms with Crippen LogP contribution in [-0.4, -0.2) is 33.0 Å². The predicted molar refractivity (Wildman–Crippen MR) is 108 cm³/mol. The van der Waals surface area contributed by atoms with Gasteiger partial charge in [-0.1, -0.05) is 6.07 Å². The number of aryl methyl sites for hydroxylation is 1. The van der Waals surface area contributed by atoms with Crippen molar-refractivity contribution in [2.75, 3.05) is 6.54 Å². The van der Waals surface area contributed by atoms with E-state index in [9.17, 15) is 4.79 Å². The summed E-state index contributed by atoms with van der Waals surface area (Å²) >= 11 is 0. The van der Waals surface area contributed by atoms with Crippen LogP contribution in [0.25, 0.3) is 11.4 Å². The van der Waals surface area contributed by atoms with Gasteiger partial charge in [0.05, 0.1) is 11.7 Å². The van der Waals surface area contributed by atoms with Gasteiger partial charge in [-0.05, 0) is 77.3 Å². The molecule has 28 heavy (non-hydrogen) atoms. The molecule has 2 aliphatic rings. The molecular formula is C22H30N4O2. The van der Waals surface area contributed by atoms with E-state index in [1.165, 1.54) is 18.4 Å². The van der Waals surface area contributed by atoms with Crippen molar-refractivity contribution in [3.8, 4) is 11.4 Å². The van der Waals surface area contributed by atoms with Crippen molar-refractivity contribution in [2.45, 2.75) is 70.9 Å². The Morgan fingerprint density at radius 3 is 2.68 bits per heavy atom. The zero-order chi connectivity index (χ0) is 19.9. The zero-order valence-electron chi connectivity index (χ0n) is 17.2. The topological polar surface area (TPSA) is 69.0 Å². The van der Waals surface area contributed by atoms with Gasteiger partial charge >= 0.3 is 6.09 Å². The van der Waals surface area contributed by atoms with Crippen LogP contribution in [0.1, 0.15) is 69.7 Å². The van der Waals surface area contributed by atoms with Crippen molar-refractivity contribution in [1.82, 2.24) is 20.1 Å². The molecule has 0 atom stereocenters. The summed E-state index contributed by atoms with van der Waals surface area (Å²) in [4.78, 5) is 16.5. The minimum Gasteiger partial charge on any atom is -0.444 e. The maximum atomic E-state index is 11.8. The summed E-state index contributed by atoms with van der Waals surface area (Å²) in [5.74, 6) is 1.11. The lowest BCUT2D eigenvalue weighted by molar-refractivity contribution is 0.0498. The monoisotopic (exact) mass is 382 g/mol. The molecule has 2 heterocycles. The van der Waals surface area contributed by atoms with Crippen LogP contribution >= 0.6 is 0 Å². The van der Waals surface area contributed by atoms with E-state index in [1.54, 1.807) is 0 Å². The van der Waals surface area contributed by atoms with Crippen LogP contribution in [0.2, 0.25) is 0 Å². The Kier molecular flexibility index (Phi) is 4.89. The predicted octanol–water partition coefficient (Wildman–Crippen LogP) is 4.61. The number of ether oxygens (including phenoxy) is 1. The van der Waals surface area contributed by atoms with Gasteiger partial charge in [0.2, 0.25) is 0 Å². The van der Waals surface area contributed by atoms with E-state index in [-0.39, 0.29) is 6.09 Å². The number of aromatic nitrogens is 3. The smallest absolute Gasteiger partial charge is 0.407 e. The molecule has 0 radical (unpaired) electrons. The highest BCUT2D eigenvalue weighted by Crippen LogP contribution is 2.45. The van der Waals surface area contributed by atoms with Crippen molar-refractivity contribution < 1.29 is 9.53 Å². The van der Waals surface area contributed by atoms with Crippen molar-refractivity contribution in [3.05, 3.63) is 35.7 Å². The van der Waals surface area contributed by atoms with Gasteiger partial charge in [-0.2, -0.15) is 5.10 Å². The normalized spacial score (nSPS) is 21.9. The fourth-order valence-corrected chi connectivity index (χ4v) is 3.78. The Hall–Kier alpha value is -2.37. The maximum Gasteiger partial charge on any atom is 0.407 e. The molecule has 1 N–H and O–H groups in total. The maximum absolute atomic E-state index is 11.8. The Balaban J connectivity index is 1.37. The molecule has 0 saturated heterocycles.